The lowest BCUT2D eigenvalue weighted by molar-refractivity contribution is 0.242. The molecule has 1 rings (SSSR count). The lowest BCUT2D eigenvalue weighted by Gasteiger charge is -2.12. The summed E-state index contributed by atoms with van der Waals surface area (Å²) in [6, 6.07) is 5.33. The molecule has 3 heteroatoms. The summed E-state index contributed by atoms with van der Waals surface area (Å²) >= 11 is 0. The molecule has 1 aromatic carbocycles. The Morgan fingerprint density at radius 3 is 2.73 bits per heavy atom. The van der Waals surface area contributed by atoms with Crippen molar-refractivity contribution in [1.82, 2.24) is 5.32 Å². The first-order chi connectivity index (χ1) is 7.13. The number of rotatable bonds is 5. The molecule has 0 unspecified atom stereocenters. The van der Waals surface area contributed by atoms with Crippen LogP contribution in [0.2, 0.25) is 0 Å². The van der Waals surface area contributed by atoms with Crippen LogP contribution in [0.4, 0.5) is 0 Å². The summed E-state index contributed by atoms with van der Waals surface area (Å²) in [4.78, 5) is 0. The number of phenols is 1. The normalized spacial score (nSPS) is 10.7. The molecular weight excluding hydrogens is 190 g/mol. The van der Waals surface area contributed by atoms with E-state index in [1.54, 1.807) is 12.1 Å². The molecule has 0 saturated heterocycles. The lowest BCUT2D eigenvalue weighted by atomic mass is 10.2. The van der Waals surface area contributed by atoms with Crippen LogP contribution in [0, 0.1) is 0 Å². The van der Waals surface area contributed by atoms with Crippen molar-refractivity contribution in [3.8, 4) is 11.5 Å². The molecule has 0 radical (unpaired) electrons. The third-order valence-electron chi connectivity index (χ3n) is 1.99. The minimum atomic E-state index is 0.154. The molecule has 0 heterocycles. The Morgan fingerprint density at radius 2 is 2.13 bits per heavy atom. The SMILES string of the molecule is CCNCc1cc(OC(C)C)ccc1O. The zero-order valence-electron chi connectivity index (χ0n) is 9.58. The van der Waals surface area contributed by atoms with Gasteiger partial charge in [0, 0.05) is 12.1 Å². The molecule has 0 spiro atoms. The van der Waals surface area contributed by atoms with Crippen molar-refractivity contribution in [2.24, 2.45) is 0 Å². The minimum Gasteiger partial charge on any atom is -0.508 e. The number of aromatic hydroxyl groups is 1. The summed E-state index contributed by atoms with van der Waals surface area (Å²) in [5.74, 6) is 1.11. The Hall–Kier alpha value is -1.22. The van der Waals surface area contributed by atoms with Gasteiger partial charge in [0.25, 0.3) is 0 Å². The Labute approximate surface area is 91.1 Å². The van der Waals surface area contributed by atoms with Crippen molar-refractivity contribution in [3.63, 3.8) is 0 Å². The second-order valence-corrected chi connectivity index (χ2v) is 3.74. The number of hydrogen-bond acceptors (Lipinski definition) is 3. The zero-order valence-corrected chi connectivity index (χ0v) is 9.58. The molecule has 3 nitrogen and oxygen atoms in total. The van der Waals surface area contributed by atoms with E-state index >= 15 is 0 Å². The predicted octanol–water partition coefficient (Wildman–Crippen LogP) is 2.29. The summed E-state index contributed by atoms with van der Waals surface area (Å²) in [6.07, 6.45) is 0.154. The van der Waals surface area contributed by atoms with Crippen molar-refractivity contribution in [1.29, 1.82) is 0 Å². The Kier molecular flexibility index (Phi) is 4.43. The smallest absolute Gasteiger partial charge is 0.120 e. The standard InChI is InChI=1S/C12H19NO2/c1-4-13-8-10-7-11(15-9(2)3)5-6-12(10)14/h5-7,9,13-14H,4,8H2,1-3H3. The molecule has 0 fully saturated rings. The minimum absolute atomic E-state index is 0.154. The van der Waals surface area contributed by atoms with Crippen molar-refractivity contribution in [3.05, 3.63) is 23.8 Å². The molecule has 0 aliphatic heterocycles. The first kappa shape index (κ1) is 11.9. The van der Waals surface area contributed by atoms with Gasteiger partial charge in [-0.05, 0) is 38.6 Å². The second kappa shape index (κ2) is 5.61. The summed E-state index contributed by atoms with van der Waals surface area (Å²) < 4.78 is 5.55. The number of hydrogen-bond donors (Lipinski definition) is 2. The molecule has 0 aliphatic rings. The molecular formula is C12H19NO2. The van der Waals surface area contributed by atoms with E-state index in [2.05, 4.69) is 5.32 Å². The Morgan fingerprint density at radius 1 is 1.40 bits per heavy atom. The number of benzene rings is 1. The number of phenolic OH excluding ortho intramolecular Hbond substituents is 1. The molecule has 84 valence electrons. The van der Waals surface area contributed by atoms with Crippen LogP contribution in [0.5, 0.6) is 11.5 Å². The van der Waals surface area contributed by atoms with Crippen molar-refractivity contribution in [2.45, 2.75) is 33.4 Å². The highest BCUT2D eigenvalue weighted by molar-refractivity contribution is 5.39. The predicted molar refractivity (Wildman–Crippen MR) is 61.3 cm³/mol. The van der Waals surface area contributed by atoms with E-state index in [4.69, 9.17) is 4.74 Å². The zero-order chi connectivity index (χ0) is 11.3. The molecule has 0 amide bonds. The fourth-order valence-electron chi connectivity index (χ4n) is 1.31. The van der Waals surface area contributed by atoms with Gasteiger partial charge in [0.2, 0.25) is 0 Å². The number of ether oxygens (including phenoxy) is 1. The highest BCUT2D eigenvalue weighted by Crippen LogP contribution is 2.23. The van der Waals surface area contributed by atoms with Gasteiger partial charge in [-0.1, -0.05) is 6.92 Å². The van der Waals surface area contributed by atoms with Gasteiger partial charge in [-0.25, -0.2) is 0 Å². The fourth-order valence-corrected chi connectivity index (χ4v) is 1.31. The van der Waals surface area contributed by atoms with E-state index in [0.717, 1.165) is 17.9 Å². The summed E-state index contributed by atoms with van der Waals surface area (Å²) in [7, 11) is 0. The van der Waals surface area contributed by atoms with Crippen molar-refractivity contribution < 1.29 is 9.84 Å². The van der Waals surface area contributed by atoms with Crippen molar-refractivity contribution in [2.75, 3.05) is 6.54 Å². The topological polar surface area (TPSA) is 41.5 Å². The summed E-state index contributed by atoms with van der Waals surface area (Å²) in [5, 5.41) is 12.8. The van der Waals surface area contributed by atoms with E-state index in [-0.39, 0.29) is 6.10 Å². The first-order valence-corrected chi connectivity index (χ1v) is 5.32. The molecule has 0 bridgehead atoms. The maximum Gasteiger partial charge on any atom is 0.120 e. The van der Waals surface area contributed by atoms with E-state index in [1.165, 1.54) is 0 Å². The van der Waals surface area contributed by atoms with Gasteiger partial charge in [-0.3, -0.25) is 0 Å². The van der Waals surface area contributed by atoms with Gasteiger partial charge in [0.05, 0.1) is 6.10 Å². The van der Waals surface area contributed by atoms with Crippen molar-refractivity contribution >= 4 is 0 Å². The van der Waals surface area contributed by atoms with E-state index in [0.29, 0.717) is 12.3 Å². The van der Waals surface area contributed by atoms with E-state index < -0.39 is 0 Å². The van der Waals surface area contributed by atoms with Crippen LogP contribution in [0.15, 0.2) is 18.2 Å². The second-order valence-electron chi connectivity index (χ2n) is 3.74. The van der Waals surface area contributed by atoms with Gasteiger partial charge < -0.3 is 15.2 Å². The highest BCUT2D eigenvalue weighted by Gasteiger charge is 2.04. The summed E-state index contributed by atoms with van der Waals surface area (Å²) in [5.41, 5.74) is 0.870. The first-order valence-electron chi connectivity index (χ1n) is 5.32. The third-order valence-corrected chi connectivity index (χ3v) is 1.99. The fraction of sp³-hybridized carbons (Fsp3) is 0.500. The largest absolute Gasteiger partial charge is 0.508 e. The Balaban J connectivity index is 2.75. The van der Waals surface area contributed by atoms with Crippen LogP contribution in [0.1, 0.15) is 26.3 Å². The van der Waals surface area contributed by atoms with Gasteiger partial charge in [-0.2, -0.15) is 0 Å². The summed E-state index contributed by atoms with van der Waals surface area (Å²) in [6.45, 7) is 7.55. The quantitative estimate of drug-likeness (QED) is 0.781. The van der Waals surface area contributed by atoms with Gasteiger partial charge in [0.1, 0.15) is 11.5 Å². The third kappa shape index (κ3) is 3.80. The molecule has 0 saturated carbocycles. The van der Waals surface area contributed by atoms with Crippen LogP contribution in [0.3, 0.4) is 0 Å². The van der Waals surface area contributed by atoms with Crippen LogP contribution < -0.4 is 10.1 Å². The highest BCUT2D eigenvalue weighted by atomic mass is 16.5. The van der Waals surface area contributed by atoms with Crippen LogP contribution in [-0.4, -0.2) is 17.8 Å². The molecule has 0 aliphatic carbocycles. The van der Waals surface area contributed by atoms with Crippen LogP contribution in [0.25, 0.3) is 0 Å². The van der Waals surface area contributed by atoms with Gasteiger partial charge >= 0.3 is 0 Å². The average Bonchev–Trinajstić information content (AvgIpc) is 2.18. The monoisotopic (exact) mass is 209 g/mol. The lowest BCUT2D eigenvalue weighted by Crippen LogP contribution is -2.12. The molecule has 2 N–H and O–H groups in total. The Bertz CT molecular complexity index is 310. The molecule has 1 aromatic rings. The van der Waals surface area contributed by atoms with E-state index in [1.807, 2.05) is 26.8 Å². The average molecular weight is 209 g/mol. The number of nitrogens with one attached hydrogen (secondary N) is 1. The van der Waals surface area contributed by atoms with E-state index in [9.17, 15) is 5.11 Å². The van der Waals surface area contributed by atoms with Gasteiger partial charge in [0.15, 0.2) is 0 Å². The molecule has 0 aromatic heterocycles. The maximum atomic E-state index is 9.60. The molecule has 0 atom stereocenters. The van der Waals surface area contributed by atoms with Crippen LogP contribution in [-0.2, 0) is 6.54 Å². The van der Waals surface area contributed by atoms with Gasteiger partial charge in [-0.15, -0.1) is 0 Å². The molecule has 15 heavy (non-hydrogen) atoms. The van der Waals surface area contributed by atoms with Crippen LogP contribution >= 0.6 is 0 Å². The maximum absolute atomic E-state index is 9.60.